The van der Waals surface area contributed by atoms with E-state index in [9.17, 15) is 29.1 Å². The quantitative estimate of drug-likeness (QED) is 0.270. The molecule has 2 heterocycles. The maximum absolute atomic E-state index is 13.7. The first-order valence-electron chi connectivity index (χ1n) is 16.3. The van der Waals surface area contributed by atoms with Crippen LogP contribution in [0, 0.1) is 5.92 Å². The molecule has 2 bridgehead atoms. The van der Waals surface area contributed by atoms with E-state index >= 15 is 0 Å². The number of phenols is 1. The average Bonchev–Trinajstić information content (AvgIpc) is 3.56. The highest BCUT2D eigenvalue weighted by Gasteiger charge is 2.31. The van der Waals surface area contributed by atoms with E-state index < -0.39 is 41.9 Å². The number of benzene rings is 2. The van der Waals surface area contributed by atoms with E-state index in [0.29, 0.717) is 24.5 Å². The van der Waals surface area contributed by atoms with Crippen LogP contribution < -0.4 is 21.3 Å². The predicted molar refractivity (Wildman–Crippen MR) is 185 cm³/mol. The van der Waals surface area contributed by atoms with Crippen molar-refractivity contribution in [3.63, 3.8) is 0 Å². The number of likely N-dealkylation sites (N-methyl/N-ethyl adjacent to an activating group) is 1. The van der Waals surface area contributed by atoms with Crippen molar-refractivity contribution < 1.29 is 29.1 Å². The van der Waals surface area contributed by atoms with Crippen LogP contribution in [0.15, 0.2) is 60.0 Å². The van der Waals surface area contributed by atoms with E-state index in [1.807, 2.05) is 41.3 Å². The van der Waals surface area contributed by atoms with Gasteiger partial charge in [-0.05, 0) is 49.4 Å². The van der Waals surface area contributed by atoms with Crippen molar-refractivity contribution in [2.45, 2.75) is 64.8 Å². The molecular weight excluding hydrogens is 646 g/mol. The van der Waals surface area contributed by atoms with Gasteiger partial charge in [-0.2, -0.15) is 0 Å². The topological polar surface area (TPSA) is 173 Å². The number of hydrogen-bond acceptors (Lipinski definition) is 9. The average molecular weight is 692 g/mol. The molecule has 0 radical (unpaired) electrons. The normalized spacial score (nSPS) is 22.5. The van der Waals surface area contributed by atoms with Gasteiger partial charge in [0.2, 0.25) is 23.6 Å². The Labute approximate surface area is 290 Å². The zero-order valence-electron chi connectivity index (χ0n) is 28.4. The van der Waals surface area contributed by atoms with Crippen LogP contribution in [0.25, 0.3) is 0 Å². The second kappa shape index (κ2) is 17.0. The summed E-state index contributed by atoms with van der Waals surface area (Å²) in [6, 6.07) is 12.9. The SMILES string of the molecule is CC(C)[C@@H]1NC(=O)[C@H](C)NC(=O)c2csc(n2)[C@H](Cc2ccccc2)NC(=O)CN(Cc2cccc(O)c2)CCN(C)C(=O)[C@@H](C)NC1=O. The zero-order valence-corrected chi connectivity index (χ0v) is 29.3. The van der Waals surface area contributed by atoms with Crippen LogP contribution >= 0.6 is 11.3 Å². The maximum atomic E-state index is 13.7. The molecule has 13 nitrogen and oxygen atoms in total. The number of hydrogen-bond donors (Lipinski definition) is 5. The number of nitrogens with one attached hydrogen (secondary N) is 4. The van der Waals surface area contributed by atoms with Gasteiger partial charge in [-0.1, -0.05) is 56.3 Å². The molecule has 14 heteroatoms. The number of nitrogens with zero attached hydrogens (tertiary/aromatic N) is 3. The molecule has 1 aliphatic rings. The van der Waals surface area contributed by atoms with Crippen LogP contribution in [-0.4, -0.2) is 94.2 Å². The molecule has 49 heavy (non-hydrogen) atoms. The van der Waals surface area contributed by atoms with Gasteiger partial charge in [0.15, 0.2) is 0 Å². The van der Waals surface area contributed by atoms with Crippen molar-refractivity contribution >= 4 is 40.9 Å². The van der Waals surface area contributed by atoms with Crippen molar-refractivity contribution in [1.29, 1.82) is 0 Å². The first kappa shape index (κ1) is 37.0. The Morgan fingerprint density at radius 1 is 0.878 bits per heavy atom. The van der Waals surface area contributed by atoms with Crippen molar-refractivity contribution in [1.82, 2.24) is 36.1 Å². The minimum atomic E-state index is -0.997. The van der Waals surface area contributed by atoms with Gasteiger partial charge in [0.05, 0.1) is 12.6 Å². The van der Waals surface area contributed by atoms with Crippen molar-refractivity contribution in [2.24, 2.45) is 5.92 Å². The summed E-state index contributed by atoms with van der Waals surface area (Å²) in [5.41, 5.74) is 1.83. The van der Waals surface area contributed by atoms with E-state index in [2.05, 4.69) is 26.3 Å². The van der Waals surface area contributed by atoms with Crippen molar-refractivity contribution in [3.05, 3.63) is 81.8 Å². The Morgan fingerprint density at radius 3 is 2.29 bits per heavy atom. The number of phenolic OH excluding ortho intramolecular Hbond substituents is 1. The van der Waals surface area contributed by atoms with Crippen LogP contribution in [0.2, 0.25) is 0 Å². The summed E-state index contributed by atoms with van der Waals surface area (Å²) >= 11 is 1.22. The minimum Gasteiger partial charge on any atom is -0.508 e. The lowest BCUT2D eigenvalue weighted by molar-refractivity contribution is -0.136. The van der Waals surface area contributed by atoms with Gasteiger partial charge < -0.3 is 31.3 Å². The Hall–Kier alpha value is -4.82. The summed E-state index contributed by atoms with van der Waals surface area (Å²) in [7, 11) is 1.62. The highest BCUT2D eigenvalue weighted by molar-refractivity contribution is 7.09. The molecule has 0 saturated carbocycles. The lowest BCUT2D eigenvalue weighted by Gasteiger charge is -2.29. The third-order valence-electron chi connectivity index (χ3n) is 8.20. The Morgan fingerprint density at radius 2 is 1.59 bits per heavy atom. The highest BCUT2D eigenvalue weighted by atomic mass is 32.1. The number of rotatable bonds is 5. The molecule has 4 atom stereocenters. The monoisotopic (exact) mass is 691 g/mol. The third kappa shape index (κ3) is 10.6. The van der Waals surface area contributed by atoms with Crippen LogP contribution in [0.3, 0.4) is 0 Å². The van der Waals surface area contributed by atoms with E-state index in [-0.39, 0.29) is 42.3 Å². The van der Waals surface area contributed by atoms with Gasteiger partial charge >= 0.3 is 0 Å². The highest BCUT2D eigenvalue weighted by Crippen LogP contribution is 2.23. The summed E-state index contributed by atoms with van der Waals surface area (Å²) in [6.07, 6.45) is 0.416. The second-order valence-corrected chi connectivity index (χ2v) is 13.6. The van der Waals surface area contributed by atoms with Crippen LogP contribution in [0.5, 0.6) is 5.75 Å². The molecule has 0 fully saturated rings. The summed E-state index contributed by atoms with van der Waals surface area (Å²) in [5.74, 6) is -2.54. The first-order chi connectivity index (χ1) is 23.3. The standard InChI is InChI=1S/C35H45N7O6S/c1-21(2)30-33(47)37-23(4)35(48)41(5)14-15-42(18-25-12-9-13-26(43)16-25)19-29(44)38-27(17-24-10-7-6-8-11-24)34-39-28(20-49-34)32(46)36-22(3)31(45)40-30/h6-13,16,20-23,27,30,43H,14-15,17-19H2,1-5H3,(H,36,46)(H,37,47)(H,38,44)(H,40,45)/t22-,23+,27-,30-/m0/s1. The molecule has 0 saturated heterocycles. The molecule has 3 aromatic rings. The number of amides is 5. The molecular formula is C35H45N7O6S. The third-order valence-corrected chi connectivity index (χ3v) is 9.16. The Kier molecular flexibility index (Phi) is 12.9. The molecule has 2 aromatic carbocycles. The summed E-state index contributed by atoms with van der Waals surface area (Å²) in [5, 5.41) is 23.3. The summed E-state index contributed by atoms with van der Waals surface area (Å²) < 4.78 is 0. The first-order valence-corrected chi connectivity index (χ1v) is 17.1. The van der Waals surface area contributed by atoms with Crippen molar-refractivity contribution in [3.8, 4) is 5.75 Å². The molecule has 262 valence electrons. The number of carbonyl (C=O) groups is 5. The molecule has 1 aliphatic heterocycles. The Balaban J connectivity index is 1.66. The fourth-order valence-electron chi connectivity index (χ4n) is 5.42. The number of aromatic hydroxyl groups is 1. The lowest BCUT2D eigenvalue weighted by Crippen LogP contribution is -2.57. The maximum Gasteiger partial charge on any atom is 0.271 e. The number of thiazole rings is 1. The zero-order chi connectivity index (χ0) is 35.7. The van der Waals surface area contributed by atoms with Gasteiger partial charge in [0, 0.05) is 32.1 Å². The van der Waals surface area contributed by atoms with Crippen LogP contribution in [0.4, 0.5) is 0 Å². The summed E-state index contributed by atoms with van der Waals surface area (Å²) in [6.45, 7) is 7.45. The largest absolute Gasteiger partial charge is 0.508 e. The molecule has 4 rings (SSSR count). The molecule has 5 amide bonds. The smallest absolute Gasteiger partial charge is 0.271 e. The number of aromatic nitrogens is 1. The predicted octanol–water partition coefficient (Wildman–Crippen LogP) is 1.99. The van der Waals surface area contributed by atoms with Gasteiger partial charge in [-0.15, -0.1) is 11.3 Å². The van der Waals surface area contributed by atoms with Crippen LogP contribution in [-0.2, 0) is 32.1 Å². The van der Waals surface area contributed by atoms with E-state index in [0.717, 1.165) is 11.1 Å². The lowest BCUT2D eigenvalue weighted by atomic mass is 10.0. The fourth-order valence-corrected chi connectivity index (χ4v) is 6.27. The van der Waals surface area contributed by atoms with Gasteiger partial charge in [-0.3, -0.25) is 28.9 Å². The molecule has 5 N–H and O–H groups in total. The second-order valence-electron chi connectivity index (χ2n) is 12.7. The van der Waals surface area contributed by atoms with Crippen molar-refractivity contribution in [2.75, 3.05) is 26.7 Å². The molecule has 0 unspecified atom stereocenters. The van der Waals surface area contributed by atoms with Gasteiger partial charge in [0.1, 0.15) is 34.6 Å². The molecule has 1 aromatic heterocycles. The number of fused-ring (bicyclic) bond motifs is 2. The molecule has 0 spiro atoms. The fraction of sp³-hybridized carbons (Fsp3) is 0.429. The summed E-state index contributed by atoms with van der Waals surface area (Å²) in [4.78, 5) is 74.4. The van der Waals surface area contributed by atoms with E-state index in [1.54, 1.807) is 51.4 Å². The molecule has 0 aliphatic carbocycles. The van der Waals surface area contributed by atoms with Crippen LogP contribution in [0.1, 0.15) is 60.4 Å². The van der Waals surface area contributed by atoms with E-state index in [4.69, 9.17) is 0 Å². The number of carbonyl (C=O) groups excluding carboxylic acids is 5. The van der Waals surface area contributed by atoms with Gasteiger partial charge in [0.25, 0.3) is 5.91 Å². The minimum absolute atomic E-state index is 0.0324. The van der Waals surface area contributed by atoms with E-state index in [1.165, 1.54) is 23.2 Å². The van der Waals surface area contributed by atoms with Gasteiger partial charge in [-0.25, -0.2) is 4.98 Å². The Bertz CT molecular complexity index is 1630.